The van der Waals surface area contributed by atoms with Crippen molar-refractivity contribution in [2.24, 2.45) is 5.92 Å². The number of aromatic nitrogens is 1. The normalized spacial score (nSPS) is 18.9. The largest absolute Gasteiger partial charge is 0.475 e. The number of ketones is 1. The van der Waals surface area contributed by atoms with Crippen LogP contribution in [-0.4, -0.2) is 45.3 Å². The minimum atomic E-state index is -4.88. The Balaban J connectivity index is 1.79. The summed E-state index contributed by atoms with van der Waals surface area (Å²) in [6.45, 7) is 1.47. The Labute approximate surface area is 153 Å². The highest BCUT2D eigenvalue weighted by molar-refractivity contribution is 7.86. The van der Waals surface area contributed by atoms with Crippen LogP contribution in [0.4, 0.5) is 18.3 Å². The molecular formula is C16H15F3N2O3S2. The van der Waals surface area contributed by atoms with E-state index in [1.54, 1.807) is 0 Å². The Morgan fingerprint density at radius 1 is 1.42 bits per heavy atom. The number of carbonyl (C=O) groups is 1. The predicted octanol–water partition coefficient (Wildman–Crippen LogP) is 2.82. The summed E-state index contributed by atoms with van der Waals surface area (Å²) in [5, 5.41) is 9.84. The second kappa shape index (κ2) is 7.45. The van der Waals surface area contributed by atoms with Crippen LogP contribution < -0.4 is 4.90 Å². The molecule has 1 unspecified atom stereocenters. The van der Waals surface area contributed by atoms with Crippen molar-refractivity contribution in [1.82, 2.24) is 4.98 Å². The lowest BCUT2D eigenvalue weighted by molar-refractivity contribution is -0.0384. The average molecular weight is 404 g/mol. The molecule has 0 amide bonds. The molecule has 0 spiro atoms. The van der Waals surface area contributed by atoms with Crippen LogP contribution in [0.3, 0.4) is 0 Å². The van der Waals surface area contributed by atoms with Gasteiger partial charge in [-0.25, -0.2) is 9.19 Å². The Morgan fingerprint density at radius 2 is 2.19 bits per heavy atom. The van der Waals surface area contributed by atoms with Gasteiger partial charge >= 0.3 is 5.51 Å². The van der Waals surface area contributed by atoms with Crippen molar-refractivity contribution in [3.05, 3.63) is 40.9 Å². The van der Waals surface area contributed by atoms with Crippen LogP contribution >= 0.6 is 11.3 Å². The molecule has 10 heteroatoms. The first kappa shape index (κ1) is 19.0. The summed E-state index contributed by atoms with van der Waals surface area (Å²) in [5.41, 5.74) is -4.84. The summed E-state index contributed by atoms with van der Waals surface area (Å²) in [6, 6.07) is 4.75. The van der Waals surface area contributed by atoms with Crippen molar-refractivity contribution in [2.45, 2.75) is 16.8 Å². The maximum atomic E-state index is 12.6. The van der Waals surface area contributed by atoms with E-state index in [9.17, 15) is 27.3 Å². The smallest absolute Gasteiger partial charge is 0.396 e. The van der Waals surface area contributed by atoms with Gasteiger partial charge in [0, 0.05) is 36.1 Å². The van der Waals surface area contributed by atoms with Crippen LogP contribution in [0.1, 0.15) is 21.7 Å². The highest BCUT2D eigenvalue weighted by Gasteiger charge is 2.38. The highest BCUT2D eigenvalue weighted by Crippen LogP contribution is 2.30. The first-order chi connectivity index (χ1) is 12.3. The Morgan fingerprint density at radius 3 is 2.85 bits per heavy atom. The van der Waals surface area contributed by atoms with Crippen molar-refractivity contribution < 1.29 is 27.3 Å². The lowest BCUT2D eigenvalue weighted by Crippen LogP contribution is -2.20. The molecule has 140 valence electrons. The zero-order valence-corrected chi connectivity index (χ0v) is 15.0. The van der Waals surface area contributed by atoms with Crippen LogP contribution in [0, 0.1) is 5.92 Å². The maximum absolute atomic E-state index is 12.6. The first-order valence-electron chi connectivity index (χ1n) is 7.74. The van der Waals surface area contributed by atoms with Crippen LogP contribution in [0.5, 0.6) is 0 Å². The number of aliphatic hydroxyl groups excluding tert-OH is 1. The highest BCUT2D eigenvalue weighted by atomic mass is 32.2. The van der Waals surface area contributed by atoms with Gasteiger partial charge in [-0.3, -0.25) is 4.79 Å². The zero-order chi connectivity index (χ0) is 18.9. The Kier molecular flexibility index (Phi) is 5.44. The molecule has 0 bridgehead atoms. The van der Waals surface area contributed by atoms with Crippen molar-refractivity contribution in [2.75, 3.05) is 24.6 Å². The monoisotopic (exact) mass is 404 g/mol. The van der Waals surface area contributed by atoms with Gasteiger partial charge in [0.25, 0.3) is 0 Å². The van der Waals surface area contributed by atoms with Crippen molar-refractivity contribution in [3.8, 4) is 0 Å². The molecule has 1 aliphatic heterocycles. The van der Waals surface area contributed by atoms with E-state index in [-0.39, 0.29) is 18.1 Å². The first-order valence-corrected chi connectivity index (χ1v) is 9.71. The molecule has 1 aromatic heterocycles. The second-order valence-electron chi connectivity index (χ2n) is 5.86. The molecule has 2 aromatic rings. The third-order valence-corrected chi connectivity index (χ3v) is 6.21. The third kappa shape index (κ3) is 3.97. The standard InChI is InChI=1S/C16H15F3N2O3S2/c17-16(18,19)26(24)12-3-1-2-11(6-12)14(23)13-7-20-15(25-13)21-5-4-10(8-21)9-22/h1-3,6-7,10,22H,4-5,8-9H2/t10-,26?/m1/s1. The molecule has 3 rings (SSSR count). The molecule has 0 radical (unpaired) electrons. The fourth-order valence-electron chi connectivity index (χ4n) is 2.70. The van der Waals surface area contributed by atoms with Crippen LogP contribution in [0.25, 0.3) is 0 Å². The van der Waals surface area contributed by atoms with Gasteiger partial charge in [-0.05, 0) is 18.6 Å². The number of halogens is 3. The van der Waals surface area contributed by atoms with Gasteiger partial charge < -0.3 is 10.0 Å². The van der Waals surface area contributed by atoms with Crippen LogP contribution in [0.2, 0.25) is 0 Å². The molecular weight excluding hydrogens is 389 g/mol. The van der Waals surface area contributed by atoms with Crippen molar-refractivity contribution in [1.29, 1.82) is 0 Å². The molecule has 1 aliphatic rings. The number of nitrogens with zero attached hydrogens (tertiary/aromatic N) is 2. The van der Waals surface area contributed by atoms with E-state index in [0.29, 0.717) is 16.6 Å². The fraction of sp³-hybridized carbons (Fsp3) is 0.375. The van der Waals surface area contributed by atoms with E-state index in [1.807, 2.05) is 4.90 Å². The third-order valence-electron chi connectivity index (χ3n) is 4.05. The van der Waals surface area contributed by atoms with E-state index in [4.69, 9.17) is 0 Å². The molecule has 0 aliphatic carbocycles. The predicted molar refractivity (Wildman–Crippen MR) is 91.9 cm³/mol. The summed E-state index contributed by atoms with van der Waals surface area (Å²) in [6.07, 6.45) is 2.23. The topological polar surface area (TPSA) is 70.5 Å². The van der Waals surface area contributed by atoms with Gasteiger partial charge in [0.1, 0.15) is 0 Å². The van der Waals surface area contributed by atoms with E-state index >= 15 is 0 Å². The second-order valence-corrected chi connectivity index (χ2v) is 8.34. The van der Waals surface area contributed by atoms with E-state index in [2.05, 4.69) is 4.98 Å². The zero-order valence-electron chi connectivity index (χ0n) is 13.4. The number of benzene rings is 1. The van der Waals surface area contributed by atoms with Gasteiger partial charge in [0.05, 0.1) is 11.1 Å². The minimum Gasteiger partial charge on any atom is -0.396 e. The lowest BCUT2D eigenvalue weighted by Gasteiger charge is -2.13. The number of rotatable bonds is 5. The summed E-state index contributed by atoms with van der Waals surface area (Å²) in [7, 11) is -3.18. The SMILES string of the molecule is O=C(c1cccc(S(=O)C(F)(F)F)c1)c1cnc(N2CC[C@@H](CO)C2)s1. The number of hydrogen-bond acceptors (Lipinski definition) is 6. The quantitative estimate of drug-likeness (QED) is 0.776. The molecule has 1 saturated heterocycles. The number of carbonyl (C=O) groups excluding carboxylic acids is 1. The van der Waals surface area contributed by atoms with Gasteiger partial charge in [0.2, 0.25) is 5.78 Å². The molecule has 2 atom stereocenters. The van der Waals surface area contributed by atoms with Gasteiger partial charge in [-0.1, -0.05) is 23.5 Å². The average Bonchev–Trinajstić information content (AvgIpc) is 3.28. The number of hydrogen-bond donors (Lipinski definition) is 1. The van der Waals surface area contributed by atoms with Crippen LogP contribution in [-0.2, 0) is 10.8 Å². The summed E-state index contributed by atoms with van der Waals surface area (Å²) in [5.74, 6) is -0.292. The number of anilines is 1. The molecule has 1 fully saturated rings. The Bertz CT molecular complexity index is 838. The van der Waals surface area contributed by atoms with Gasteiger partial charge in [0.15, 0.2) is 15.9 Å². The van der Waals surface area contributed by atoms with Gasteiger partial charge in [-0.2, -0.15) is 13.2 Å². The maximum Gasteiger partial charge on any atom is 0.475 e. The molecule has 1 N–H and O–H groups in total. The van der Waals surface area contributed by atoms with Crippen LogP contribution in [0.15, 0.2) is 35.4 Å². The number of aliphatic hydroxyl groups is 1. The minimum absolute atomic E-state index is 0.0324. The molecule has 0 saturated carbocycles. The lowest BCUT2D eigenvalue weighted by atomic mass is 10.1. The fourth-order valence-corrected chi connectivity index (χ4v) is 4.32. The molecule has 5 nitrogen and oxygen atoms in total. The summed E-state index contributed by atoms with van der Waals surface area (Å²) >= 11 is 1.15. The molecule has 26 heavy (non-hydrogen) atoms. The van der Waals surface area contributed by atoms with E-state index in [1.165, 1.54) is 18.3 Å². The van der Waals surface area contributed by atoms with E-state index in [0.717, 1.165) is 36.4 Å². The number of alkyl halides is 3. The van der Waals surface area contributed by atoms with Crippen molar-refractivity contribution >= 4 is 33.1 Å². The molecule has 2 heterocycles. The Hall–Kier alpha value is -1.78. The van der Waals surface area contributed by atoms with E-state index < -0.39 is 27.0 Å². The summed E-state index contributed by atoms with van der Waals surface area (Å²) in [4.78, 5) is 18.6. The van der Waals surface area contributed by atoms with Gasteiger partial charge in [-0.15, -0.1) is 0 Å². The summed E-state index contributed by atoms with van der Waals surface area (Å²) < 4.78 is 49.3. The van der Waals surface area contributed by atoms with Crippen molar-refractivity contribution in [3.63, 3.8) is 0 Å². The molecule has 1 aromatic carbocycles. The number of thiazole rings is 1.